The van der Waals surface area contributed by atoms with Gasteiger partial charge < -0.3 is 4.74 Å². The first kappa shape index (κ1) is 16.6. The summed E-state index contributed by atoms with van der Waals surface area (Å²) in [5.41, 5.74) is 3.68. The first-order chi connectivity index (χ1) is 12.1. The van der Waals surface area contributed by atoms with Crippen LogP contribution in [0, 0.1) is 12.7 Å². The van der Waals surface area contributed by atoms with Gasteiger partial charge in [0.2, 0.25) is 0 Å². The number of carbonyl (C=O) groups excluding carboxylic acids is 1. The third-order valence-electron chi connectivity index (χ3n) is 3.83. The minimum Gasteiger partial charge on any atom is -0.496 e. The molecule has 3 aromatic rings. The van der Waals surface area contributed by atoms with Crippen LogP contribution in [0.1, 0.15) is 21.6 Å². The SMILES string of the molecule is COc1ccc(C(=O)/C=C/c2cc(-c3ccc(F)cc3)n[nH]2)cc1C. The second-order valence-electron chi connectivity index (χ2n) is 5.60. The number of methoxy groups -OCH3 is 1. The third kappa shape index (κ3) is 3.83. The summed E-state index contributed by atoms with van der Waals surface area (Å²) in [6.45, 7) is 1.89. The number of ether oxygens (including phenoxy) is 1. The van der Waals surface area contributed by atoms with E-state index < -0.39 is 0 Å². The van der Waals surface area contributed by atoms with Crippen molar-refractivity contribution in [2.75, 3.05) is 7.11 Å². The molecule has 0 saturated heterocycles. The highest BCUT2D eigenvalue weighted by atomic mass is 19.1. The van der Waals surface area contributed by atoms with Crippen LogP contribution in [0.3, 0.4) is 0 Å². The Labute approximate surface area is 145 Å². The summed E-state index contributed by atoms with van der Waals surface area (Å²) < 4.78 is 18.2. The summed E-state index contributed by atoms with van der Waals surface area (Å²) in [6.07, 6.45) is 3.16. The number of allylic oxidation sites excluding steroid dienone is 1. The number of aryl methyl sites for hydroxylation is 1. The van der Waals surface area contributed by atoms with E-state index in [0.29, 0.717) is 17.0 Å². The molecule has 0 radical (unpaired) electrons. The molecule has 0 aliphatic rings. The number of aromatic amines is 1. The number of H-pyrrole nitrogens is 1. The molecular formula is C20H17FN2O2. The van der Waals surface area contributed by atoms with Crippen molar-refractivity contribution in [3.8, 4) is 17.0 Å². The molecule has 25 heavy (non-hydrogen) atoms. The maximum Gasteiger partial charge on any atom is 0.185 e. The number of nitrogens with one attached hydrogen (secondary N) is 1. The lowest BCUT2D eigenvalue weighted by Crippen LogP contribution is -1.96. The van der Waals surface area contributed by atoms with Gasteiger partial charge in [-0.05, 0) is 73.2 Å². The van der Waals surface area contributed by atoms with Gasteiger partial charge in [-0.1, -0.05) is 0 Å². The van der Waals surface area contributed by atoms with Crippen molar-refractivity contribution in [3.05, 3.63) is 77.2 Å². The van der Waals surface area contributed by atoms with Gasteiger partial charge in [0.1, 0.15) is 11.6 Å². The van der Waals surface area contributed by atoms with Crippen LogP contribution in [0.5, 0.6) is 5.75 Å². The molecule has 0 spiro atoms. The fourth-order valence-electron chi connectivity index (χ4n) is 2.48. The summed E-state index contributed by atoms with van der Waals surface area (Å²) in [7, 11) is 1.60. The van der Waals surface area contributed by atoms with Crippen LogP contribution in [0.2, 0.25) is 0 Å². The summed E-state index contributed by atoms with van der Waals surface area (Å²) in [6, 6.07) is 13.2. The van der Waals surface area contributed by atoms with Gasteiger partial charge in [0, 0.05) is 11.1 Å². The van der Waals surface area contributed by atoms with Crippen molar-refractivity contribution in [3.63, 3.8) is 0 Å². The van der Waals surface area contributed by atoms with E-state index in [-0.39, 0.29) is 11.6 Å². The van der Waals surface area contributed by atoms with E-state index in [2.05, 4.69) is 10.2 Å². The minimum absolute atomic E-state index is 0.108. The van der Waals surface area contributed by atoms with Gasteiger partial charge >= 0.3 is 0 Å². The number of halogens is 1. The number of hydrogen-bond donors (Lipinski definition) is 1. The Morgan fingerprint density at radius 2 is 1.92 bits per heavy atom. The van der Waals surface area contributed by atoms with E-state index in [0.717, 1.165) is 16.9 Å². The second-order valence-corrected chi connectivity index (χ2v) is 5.60. The average Bonchev–Trinajstić information content (AvgIpc) is 3.09. The Morgan fingerprint density at radius 1 is 1.16 bits per heavy atom. The molecule has 5 heteroatoms. The molecule has 1 aromatic heterocycles. The minimum atomic E-state index is -0.292. The van der Waals surface area contributed by atoms with E-state index in [9.17, 15) is 9.18 Å². The zero-order valence-corrected chi connectivity index (χ0v) is 13.9. The van der Waals surface area contributed by atoms with Crippen molar-refractivity contribution in [1.29, 1.82) is 0 Å². The van der Waals surface area contributed by atoms with Crippen molar-refractivity contribution >= 4 is 11.9 Å². The quantitative estimate of drug-likeness (QED) is 0.554. The number of ketones is 1. The van der Waals surface area contributed by atoms with Crippen LogP contribution in [0.4, 0.5) is 4.39 Å². The van der Waals surface area contributed by atoms with Crippen LogP contribution >= 0.6 is 0 Å². The average molecular weight is 336 g/mol. The normalized spacial score (nSPS) is 11.0. The summed E-state index contributed by atoms with van der Waals surface area (Å²) in [4.78, 5) is 12.3. The first-order valence-electron chi connectivity index (χ1n) is 7.75. The Balaban J connectivity index is 1.75. The largest absolute Gasteiger partial charge is 0.496 e. The molecule has 0 amide bonds. The molecule has 1 N–H and O–H groups in total. The monoisotopic (exact) mass is 336 g/mol. The number of aromatic nitrogens is 2. The molecule has 0 fully saturated rings. The van der Waals surface area contributed by atoms with Gasteiger partial charge in [0.05, 0.1) is 18.5 Å². The molecule has 3 rings (SSSR count). The van der Waals surface area contributed by atoms with Crippen LogP contribution < -0.4 is 4.74 Å². The zero-order valence-electron chi connectivity index (χ0n) is 13.9. The highest BCUT2D eigenvalue weighted by molar-refractivity contribution is 6.06. The van der Waals surface area contributed by atoms with Crippen molar-refractivity contribution in [2.24, 2.45) is 0 Å². The molecule has 0 bridgehead atoms. The van der Waals surface area contributed by atoms with Gasteiger partial charge in [-0.25, -0.2) is 4.39 Å². The maximum atomic E-state index is 13.0. The molecule has 0 atom stereocenters. The van der Waals surface area contributed by atoms with Gasteiger partial charge in [0.25, 0.3) is 0 Å². The fraction of sp³-hybridized carbons (Fsp3) is 0.100. The van der Waals surface area contributed by atoms with E-state index >= 15 is 0 Å². The lowest BCUT2D eigenvalue weighted by Gasteiger charge is -2.05. The number of hydrogen-bond acceptors (Lipinski definition) is 3. The van der Waals surface area contributed by atoms with Crippen LogP contribution in [0.15, 0.2) is 54.6 Å². The van der Waals surface area contributed by atoms with Crippen LogP contribution in [0.25, 0.3) is 17.3 Å². The topological polar surface area (TPSA) is 55.0 Å². The summed E-state index contributed by atoms with van der Waals surface area (Å²) in [5, 5.41) is 7.03. The summed E-state index contributed by atoms with van der Waals surface area (Å²) >= 11 is 0. The predicted molar refractivity (Wildman–Crippen MR) is 95.1 cm³/mol. The Bertz CT molecular complexity index is 927. The first-order valence-corrected chi connectivity index (χ1v) is 7.75. The maximum absolute atomic E-state index is 13.0. The Morgan fingerprint density at radius 3 is 2.60 bits per heavy atom. The lowest BCUT2D eigenvalue weighted by molar-refractivity contribution is 0.104. The van der Waals surface area contributed by atoms with E-state index in [1.54, 1.807) is 49.6 Å². The third-order valence-corrected chi connectivity index (χ3v) is 3.83. The standard InChI is InChI=1S/C20H17FN2O2/c1-13-11-15(5-10-20(13)25-2)19(24)9-8-17-12-18(23-22-17)14-3-6-16(21)7-4-14/h3-12H,1-2H3,(H,22,23)/b9-8+. The van der Waals surface area contributed by atoms with Gasteiger partial charge in [-0.3, -0.25) is 9.89 Å². The molecule has 1 heterocycles. The molecule has 0 saturated carbocycles. The smallest absolute Gasteiger partial charge is 0.185 e. The van der Waals surface area contributed by atoms with Gasteiger partial charge in [-0.2, -0.15) is 5.10 Å². The fourth-order valence-corrected chi connectivity index (χ4v) is 2.48. The van der Waals surface area contributed by atoms with Gasteiger partial charge in [-0.15, -0.1) is 0 Å². The zero-order chi connectivity index (χ0) is 17.8. The van der Waals surface area contributed by atoms with Crippen molar-refractivity contribution in [2.45, 2.75) is 6.92 Å². The molecule has 2 aromatic carbocycles. The molecule has 0 aliphatic carbocycles. The molecule has 0 unspecified atom stereocenters. The van der Waals surface area contributed by atoms with Crippen molar-refractivity contribution < 1.29 is 13.9 Å². The van der Waals surface area contributed by atoms with E-state index in [1.807, 2.05) is 6.92 Å². The number of nitrogens with zero attached hydrogens (tertiary/aromatic N) is 1. The molecular weight excluding hydrogens is 319 g/mol. The van der Waals surface area contributed by atoms with E-state index in [1.165, 1.54) is 18.2 Å². The summed E-state index contributed by atoms with van der Waals surface area (Å²) in [5.74, 6) is 0.349. The van der Waals surface area contributed by atoms with Crippen LogP contribution in [-0.4, -0.2) is 23.1 Å². The predicted octanol–water partition coefficient (Wildman–Crippen LogP) is 4.43. The second kappa shape index (κ2) is 7.13. The van der Waals surface area contributed by atoms with Gasteiger partial charge in [0.15, 0.2) is 5.78 Å². The Hall–Kier alpha value is -3.21. The molecule has 4 nitrogen and oxygen atoms in total. The Kier molecular flexibility index (Phi) is 4.75. The lowest BCUT2D eigenvalue weighted by atomic mass is 10.1. The van der Waals surface area contributed by atoms with Crippen LogP contribution in [-0.2, 0) is 0 Å². The van der Waals surface area contributed by atoms with Crippen molar-refractivity contribution in [1.82, 2.24) is 10.2 Å². The number of benzene rings is 2. The molecule has 126 valence electrons. The number of rotatable bonds is 5. The number of carbonyl (C=O) groups is 1. The highest BCUT2D eigenvalue weighted by Crippen LogP contribution is 2.20. The highest BCUT2D eigenvalue weighted by Gasteiger charge is 2.06. The molecule has 0 aliphatic heterocycles. The van der Waals surface area contributed by atoms with E-state index in [4.69, 9.17) is 4.74 Å².